The van der Waals surface area contributed by atoms with Gasteiger partial charge in [0.25, 0.3) is 0 Å². The van der Waals surface area contributed by atoms with Crippen LogP contribution in [0.25, 0.3) is 0 Å². The first-order valence-electron chi connectivity index (χ1n) is 3.80. The Hall–Kier alpha value is 0.660. The van der Waals surface area contributed by atoms with Crippen LogP contribution in [0.4, 0.5) is 0 Å². The van der Waals surface area contributed by atoms with Crippen molar-refractivity contribution < 1.29 is 0 Å². The number of rotatable bonds is 2. The summed E-state index contributed by atoms with van der Waals surface area (Å²) in [5.41, 5.74) is -1.46. The van der Waals surface area contributed by atoms with Crippen LogP contribution in [0.2, 0.25) is 0 Å². The molecule has 0 N–H and O–H groups in total. The molecule has 0 saturated carbocycles. The van der Waals surface area contributed by atoms with Gasteiger partial charge in [-0.05, 0) is 21.1 Å². The predicted octanol–water partition coefficient (Wildman–Crippen LogP) is 2.01. The Morgan fingerprint density at radius 2 is 2.33 bits per heavy atom. The Kier molecular flexibility index (Phi) is 3.41. The van der Waals surface area contributed by atoms with E-state index in [0.717, 1.165) is 5.75 Å². The summed E-state index contributed by atoms with van der Waals surface area (Å²) in [5, 5.41) is 0. The molecule has 1 aliphatic heterocycles. The van der Waals surface area contributed by atoms with Crippen molar-refractivity contribution in [1.29, 1.82) is 0 Å². The summed E-state index contributed by atoms with van der Waals surface area (Å²) in [6, 6.07) is 0.461. The number of nitrogens with zero attached hydrogens (tertiary/aromatic N) is 2. The number of hydrogen-bond donors (Lipinski definition) is 0. The summed E-state index contributed by atoms with van der Waals surface area (Å²) >= 11 is 7.54. The molecule has 0 bridgehead atoms. The van der Waals surface area contributed by atoms with Crippen LogP contribution in [0.5, 0.6) is 0 Å². The first kappa shape index (κ1) is 10.7. The molecule has 1 rings (SSSR count). The van der Waals surface area contributed by atoms with Gasteiger partial charge >= 0.3 is 0 Å². The molecule has 1 fully saturated rings. The Bertz CT molecular complexity index is 229. The summed E-state index contributed by atoms with van der Waals surface area (Å²) in [4.78, 5) is 0. The van der Waals surface area contributed by atoms with E-state index in [1.165, 1.54) is 0 Å². The van der Waals surface area contributed by atoms with Crippen molar-refractivity contribution in [3.63, 3.8) is 0 Å². The minimum Gasteiger partial charge on any atom is -0.262 e. The van der Waals surface area contributed by atoms with Crippen LogP contribution in [-0.4, -0.2) is 42.3 Å². The van der Waals surface area contributed by atoms with Gasteiger partial charge in [0.05, 0.1) is 0 Å². The van der Waals surface area contributed by atoms with Gasteiger partial charge in [-0.3, -0.25) is 9.34 Å². The molecule has 1 saturated heterocycles. The number of hydrogen-bond acceptors (Lipinski definition) is 2. The van der Waals surface area contributed by atoms with Crippen LogP contribution in [0.3, 0.4) is 0 Å². The zero-order chi connectivity index (χ0) is 9.35. The molecule has 0 aromatic carbocycles. The number of likely N-dealkylation sites (N-methyl/N-ethyl adjacent to an activating group) is 1. The SMILES string of the molecule is C=CC1CSP(=S)(N(C)C)N1C. The molecule has 12 heavy (non-hydrogen) atoms. The third-order valence-corrected chi connectivity index (χ3v) is 10.9. The van der Waals surface area contributed by atoms with Gasteiger partial charge in [-0.25, -0.2) is 0 Å². The molecule has 70 valence electrons. The van der Waals surface area contributed by atoms with Gasteiger partial charge in [0, 0.05) is 11.8 Å². The second kappa shape index (κ2) is 3.81. The van der Waals surface area contributed by atoms with Crippen LogP contribution in [0.15, 0.2) is 12.7 Å². The van der Waals surface area contributed by atoms with Crippen molar-refractivity contribution in [1.82, 2.24) is 9.34 Å². The van der Waals surface area contributed by atoms with Crippen LogP contribution < -0.4 is 0 Å². The lowest BCUT2D eigenvalue weighted by Crippen LogP contribution is -2.25. The third-order valence-electron chi connectivity index (χ3n) is 2.07. The molecule has 2 unspecified atom stereocenters. The molecule has 2 atom stereocenters. The minimum absolute atomic E-state index is 0.461. The maximum atomic E-state index is 5.63. The topological polar surface area (TPSA) is 6.48 Å². The first-order valence-corrected chi connectivity index (χ1v) is 8.10. The van der Waals surface area contributed by atoms with E-state index in [1.54, 1.807) is 0 Å². The van der Waals surface area contributed by atoms with Gasteiger partial charge < -0.3 is 0 Å². The molecular formula is C7H15N2PS2. The van der Waals surface area contributed by atoms with E-state index in [4.69, 9.17) is 11.8 Å². The van der Waals surface area contributed by atoms with E-state index in [0.29, 0.717) is 6.04 Å². The fraction of sp³-hybridized carbons (Fsp3) is 0.714. The van der Waals surface area contributed by atoms with Gasteiger partial charge in [0.15, 0.2) is 0 Å². The van der Waals surface area contributed by atoms with Crippen molar-refractivity contribution in [2.45, 2.75) is 6.04 Å². The highest BCUT2D eigenvalue weighted by Gasteiger charge is 2.36. The van der Waals surface area contributed by atoms with Gasteiger partial charge in [0.1, 0.15) is 5.54 Å². The molecular weight excluding hydrogens is 207 g/mol. The zero-order valence-electron chi connectivity index (χ0n) is 7.73. The Morgan fingerprint density at radius 3 is 2.58 bits per heavy atom. The maximum Gasteiger partial charge on any atom is 0.132 e. The lowest BCUT2D eigenvalue weighted by molar-refractivity contribution is 0.481. The average molecular weight is 222 g/mol. The molecule has 0 aliphatic carbocycles. The Morgan fingerprint density at radius 1 is 1.75 bits per heavy atom. The van der Waals surface area contributed by atoms with Crippen molar-refractivity contribution in [2.24, 2.45) is 0 Å². The van der Waals surface area contributed by atoms with Crippen LogP contribution in [0.1, 0.15) is 0 Å². The van der Waals surface area contributed by atoms with Crippen LogP contribution in [-0.2, 0) is 11.8 Å². The molecule has 0 aromatic rings. The lowest BCUT2D eigenvalue weighted by Gasteiger charge is -2.31. The summed E-state index contributed by atoms with van der Waals surface area (Å²) in [7, 11) is 6.23. The zero-order valence-corrected chi connectivity index (χ0v) is 10.3. The summed E-state index contributed by atoms with van der Waals surface area (Å²) < 4.78 is 4.47. The molecule has 0 aromatic heterocycles. The van der Waals surface area contributed by atoms with Crippen LogP contribution >= 0.6 is 16.9 Å². The van der Waals surface area contributed by atoms with Gasteiger partial charge in [-0.1, -0.05) is 29.3 Å². The second-order valence-corrected chi connectivity index (χ2v) is 10.5. The summed E-state index contributed by atoms with van der Waals surface area (Å²) in [5.74, 6) is 1.09. The van der Waals surface area contributed by atoms with E-state index in [-0.39, 0.29) is 0 Å². The first-order chi connectivity index (χ1) is 5.52. The van der Waals surface area contributed by atoms with Crippen molar-refractivity contribution in [2.75, 3.05) is 26.9 Å². The summed E-state index contributed by atoms with van der Waals surface area (Å²) in [6.07, 6.45) is 1.99. The quantitative estimate of drug-likeness (QED) is 0.520. The average Bonchev–Trinajstić information content (AvgIpc) is 2.31. The maximum absolute atomic E-state index is 5.63. The molecule has 5 heteroatoms. The van der Waals surface area contributed by atoms with E-state index in [2.05, 4.69) is 37.1 Å². The standard InChI is InChI=1S/C7H15N2PS2/c1-5-7-6-12-10(11,8(2)3)9(7)4/h5,7H,1,6H2,2-4H3. The molecule has 0 radical (unpaired) electrons. The normalized spacial score (nSPS) is 37.5. The highest BCUT2D eigenvalue weighted by atomic mass is 32.9. The highest BCUT2D eigenvalue weighted by molar-refractivity contribution is 8.69. The minimum atomic E-state index is -1.46. The predicted molar refractivity (Wildman–Crippen MR) is 62.2 cm³/mol. The Labute approximate surface area is 83.9 Å². The highest BCUT2D eigenvalue weighted by Crippen LogP contribution is 2.67. The molecule has 1 heterocycles. The molecule has 1 aliphatic rings. The van der Waals surface area contributed by atoms with E-state index < -0.39 is 5.54 Å². The second-order valence-electron chi connectivity index (χ2n) is 3.01. The van der Waals surface area contributed by atoms with Gasteiger partial charge in [0.2, 0.25) is 0 Å². The largest absolute Gasteiger partial charge is 0.262 e. The van der Waals surface area contributed by atoms with Crippen molar-refractivity contribution in [3.05, 3.63) is 12.7 Å². The van der Waals surface area contributed by atoms with Crippen LogP contribution in [0, 0.1) is 0 Å². The molecule has 0 amide bonds. The molecule has 0 spiro atoms. The fourth-order valence-corrected chi connectivity index (χ4v) is 7.08. The van der Waals surface area contributed by atoms with E-state index in [9.17, 15) is 0 Å². The third kappa shape index (κ3) is 1.64. The van der Waals surface area contributed by atoms with E-state index >= 15 is 0 Å². The van der Waals surface area contributed by atoms with Crippen molar-refractivity contribution >= 4 is 28.7 Å². The summed E-state index contributed by atoms with van der Waals surface area (Å²) in [6.45, 7) is 3.82. The van der Waals surface area contributed by atoms with E-state index in [1.807, 2.05) is 17.5 Å². The Balaban J connectivity index is 2.84. The van der Waals surface area contributed by atoms with Gasteiger partial charge in [-0.2, -0.15) is 0 Å². The molecule has 2 nitrogen and oxygen atoms in total. The van der Waals surface area contributed by atoms with Crippen molar-refractivity contribution in [3.8, 4) is 0 Å². The monoisotopic (exact) mass is 222 g/mol. The lowest BCUT2D eigenvalue weighted by atomic mass is 10.3. The smallest absolute Gasteiger partial charge is 0.132 e. The van der Waals surface area contributed by atoms with Gasteiger partial charge in [-0.15, -0.1) is 6.58 Å². The fourth-order valence-electron chi connectivity index (χ4n) is 1.18.